The molecule has 7 heteroatoms. The van der Waals surface area contributed by atoms with E-state index in [1.165, 1.54) is 12.8 Å². The van der Waals surface area contributed by atoms with Gasteiger partial charge < -0.3 is 5.32 Å². The summed E-state index contributed by atoms with van der Waals surface area (Å²) in [5.74, 6) is -0.820. The topological polar surface area (TPSA) is 37.8 Å². The maximum atomic E-state index is 13.1. The lowest BCUT2D eigenvalue weighted by Gasteiger charge is -2.19. The molecule has 124 valence electrons. The molecule has 1 fully saturated rings. The maximum absolute atomic E-state index is 13.1. The van der Waals surface area contributed by atoms with Crippen LogP contribution < -0.4 is 5.32 Å². The van der Waals surface area contributed by atoms with E-state index in [0.717, 1.165) is 30.2 Å². The van der Waals surface area contributed by atoms with Crippen molar-refractivity contribution in [1.29, 1.82) is 0 Å². The molecule has 0 spiro atoms. The van der Waals surface area contributed by atoms with Crippen LogP contribution in [-0.2, 0) is 6.18 Å². The number of aromatic nitrogens is 2. The zero-order valence-corrected chi connectivity index (χ0v) is 14.0. The van der Waals surface area contributed by atoms with Gasteiger partial charge in [0, 0.05) is 15.9 Å². The van der Waals surface area contributed by atoms with E-state index >= 15 is 0 Å². The summed E-state index contributed by atoms with van der Waals surface area (Å²) in [6, 6.07) is 5.18. The summed E-state index contributed by atoms with van der Waals surface area (Å²) in [4.78, 5) is 7.43. The fourth-order valence-corrected chi connectivity index (χ4v) is 3.32. The molecule has 2 aromatic rings. The Morgan fingerprint density at radius 3 is 2.39 bits per heavy atom. The van der Waals surface area contributed by atoms with E-state index in [9.17, 15) is 13.2 Å². The molecule has 23 heavy (non-hydrogen) atoms. The molecule has 0 aliphatic heterocycles. The highest BCUT2D eigenvalue weighted by Gasteiger charge is 2.35. The highest BCUT2D eigenvalue weighted by Crippen LogP contribution is 2.32. The molecule has 1 saturated carbocycles. The molecule has 0 radical (unpaired) electrons. The van der Waals surface area contributed by atoms with E-state index in [1.807, 2.05) is 0 Å². The Balaban J connectivity index is 2.03. The number of hydrogen-bond acceptors (Lipinski definition) is 3. The van der Waals surface area contributed by atoms with Crippen LogP contribution in [-0.4, -0.2) is 16.0 Å². The molecule has 0 atom stereocenters. The van der Waals surface area contributed by atoms with Gasteiger partial charge in [-0.15, -0.1) is 0 Å². The number of nitrogens with zero attached hydrogens (tertiary/aromatic N) is 2. The lowest BCUT2D eigenvalue weighted by Crippen LogP contribution is -2.21. The van der Waals surface area contributed by atoms with E-state index in [2.05, 4.69) is 31.2 Å². The molecule has 0 amide bonds. The normalized spacial score (nSPS) is 17.2. The van der Waals surface area contributed by atoms with Gasteiger partial charge in [0.1, 0.15) is 5.82 Å². The third-order valence-corrected chi connectivity index (χ3v) is 4.60. The lowest BCUT2D eigenvalue weighted by atomic mass is 10.1. The molecular weight excluding hydrogens is 371 g/mol. The minimum absolute atomic E-state index is 0.163. The molecule has 1 aromatic carbocycles. The SMILES string of the molecule is FC(F)(F)c1nc(NC2CCCCCC2)c2cc(Br)ccc2n1. The van der Waals surface area contributed by atoms with Gasteiger partial charge in [0.05, 0.1) is 5.52 Å². The third kappa shape index (κ3) is 3.94. The van der Waals surface area contributed by atoms with Gasteiger partial charge in [0.2, 0.25) is 5.82 Å². The van der Waals surface area contributed by atoms with Crippen molar-refractivity contribution in [3.63, 3.8) is 0 Å². The number of fused-ring (bicyclic) bond motifs is 1. The fourth-order valence-electron chi connectivity index (χ4n) is 2.95. The van der Waals surface area contributed by atoms with Crippen LogP contribution in [0.5, 0.6) is 0 Å². The molecule has 3 nitrogen and oxygen atoms in total. The second-order valence-corrected chi connectivity index (χ2v) is 6.80. The monoisotopic (exact) mass is 387 g/mol. The average molecular weight is 388 g/mol. The van der Waals surface area contributed by atoms with E-state index < -0.39 is 12.0 Å². The molecule has 0 bridgehead atoms. The fraction of sp³-hybridized carbons (Fsp3) is 0.500. The van der Waals surface area contributed by atoms with Crippen molar-refractivity contribution >= 4 is 32.7 Å². The van der Waals surface area contributed by atoms with Gasteiger partial charge >= 0.3 is 6.18 Å². The Kier molecular flexibility index (Phi) is 4.75. The summed E-state index contributed by atoms with van der Waals surface area (Å²) in [6.07, 6.45) is 1.92. The standard InChI is InChI=1S/C16H17BrF3N3/c17-10-7-8-13-12(9-10)14(23-15(22-13)16(18,19)20)21-11-5-3-1-2-4-6-11/h7-9,11H,1-6H2,(H,21,22,23). The van der Waals surface area contributed by atoms with Gasteiger partial charge in [-0.3, -0.25) is 0 Å². The van der Waals surface area contributed by atoms with Crippen molar-refractivity contribution in [3.05, 3.63) is 28.5 Å². The maximum Gasteiger partial charge on any atom is 0.451 e. The number of halogens is 4. The molecule has 1 aliphatic carbocycles. The quantitative estimate of drug-likeness (QED) is 0.686. The molecule has 1 aliphatic rings. The predicted octanol–water partition coefficient (Wildman–Crippen LogP) is 5.55. The molecule has 1 heterocycles. The summed E-state index contributed by atoms with van der Waals surface area (Å²) < 4.78 is 40.0. The van der Waals surface area contributed by atoms with Gasteiger partial charge in [-0.2, -0.15) is 13.2 Å². The number of benzene rings is 1. The van der Waals surface area contributed by atoms with Gasteiger partial charge in [0.15, 0.2) is 0 Å². The van der Waals surface area contributed by atoms with Gasteiger partial charge in [-0.25, -0.2) is 9.97 Å². The Labute approximate surface area is 140 Å². The van der Waals surface area contributed by atoms with Crippen LogP contribution in [0, 0.1) is 0 Å². The largest absolute Gasteiger partial charge is 0.451 e. The van der Waals surface area contributed by atoms with Gasteiger partial charge in [0.25, 0.3) is 0 Å². The summed E-state index contributed by atoms with van der Waals surface area (Å²) >= 11 is 3.36. The van der Waals surface area contributed by atoms with Crippen LogP contribution >= 0.6 is 15.9 Å². The lowest BCUT2D eigenvalue weighted by molar-refractivity contribution is -0.144. The van der Waals surface area contributed by atoms with E-state index in [1.54, 1.807) is 18.2 Å². The first-order chi connectivity index (χ1) is 10.9. The smallest absolute Gasteiger partial charge is 0.367 e. The van der Waals surface area contributed by atoms with Crippen molar-refractivity contribution in [2.75, 3.05) is 5.32 Å². The Hall–Kier alpha value is -1.37. The molecular formula is C16H17BrF3N3. The van der Waals surface area contributed by atoms with Crippen LogP contribution in [0.15, 0.2) is 22.7 Å². The van der Waals surface area contributed by atoms with Gasteiger partial charge in [-0.1, -0.05) is 41.6 Å². The molecule has 0 saturated heterocycles. The number of rotatable bonds is 2. The Bertz CT molecular complexity index is 695. The molecule has 0 unspecified atom stereocenters. The number of hydrogen-bond donors (Lipinski definition) is 1. The first-order valence-electron chi connectivity index (χ1n) is 7.74. The average Bonchev–Trinajstić information content (AvgIpc) is 2.75. The van der Waals surface area contributed by atoms with Crippen LogP contribution in [0.1, 0.15) is 44.3 Å². The Morgan fingerprint density at radius 1 is 1.04 bits per heavy atom. The van der Waals surface area contributed by atoms with E-state index in [0.29, 0.717) is 10.9 Å². The van der Waals surface area contributed by atoms with Crippen molar-refractivity contribution in [2.45, 2.75) is 50.7 Å². The first kappa shape index (κ1) is 16.5. The number of anilines is 1. The van der Waals surface area contributed by atoms with Crippen LogP contribution in [0.25, 0.3) is 10.9 Å². The number of nitrogens with one attached hydrogen (secondary N) is 1. The highest BCUT2D eigenvalue weighted by molar-refractivity contribution is 9.10. The minimum Gasteiger partial charge on any atom is -0.367 e. The van der Waals surface area contributed by atoms with Crippen LogP contribution in [0.4, 0.5) is 19.0 Å². The zero-order valence-electron chi connectivity index (χ0n) is 12.5. The Morgan fingerprint density at radius 2 is 1.74 bits per heavy atom. The number of alkyl halides is 3. The van der Waals surface area contributed by atoms with Gasteiger partial charge in [-0.05, 0) is 31.0 Å². The molecule has 1 N–H and O–H groups in total. The van der Waals surface area contributed by atoms with Crippen LogP contribution in [0.2, 0.25) is 0 Å². The molecule has 1 aromatic heterocycles. The van der Waals surface area contributed by atoms with Crippen molar-refractivity contribution in [3.8, 4) is 0 Å². The second kappa shape index (κ2) is 6.63. The predicted molar refractivity (Wildman–Crippen MR) is 87.4 cm³/mol. The van der Waals surface area contributed by atoms with E-state index in [-0.39, 0.29) is 11.9 Å². The minimum atomic E-state index is -4.55. The highest BCUT2D eigenvalue weighted by atomic mass is 79.9. The summed E-state index contributed by atoms with van der Waals surface area (Å²) in [5.41, 5.74) is 0.298. The second-order valence-electron chi connectivity index (χ2n) is 5.89. The molecule has 3 rings (SSSR count). The third-order valence-electron chi connectivity index (χ3n) is 4.11. The summed E-state index contributed by atoms with van der Waals surface area (Å²) in [5, 5.41) is 3.84. The summed E-state index contributed by atoms with van der Waals surface area (Å²) in [7, 11) is 0. The van der Waals surface area contributed by atoms with E-state index in [4.69, 9.17) is 0 Å². The van der Waals surface area contributed by atoms with Crippen LogP contribution in [0.3, 0.4) is 0 Å². The zero-order chi connectivity index (χ0) is 16.4. The van der Waals surface area contributed by atoms with Crippen molar-refractivity contribution in [2.24, 2.45) is 0 Å². The van der Waals surface area contributed by atoms with Crippen molar-refractivity contribution < 1.29 is 13.2 Å². The van der Waals surface area contributed by atoms with Crippen molar-refractivity contribution in [1.82, 2.24) is 9.97 Å². The first-order valence-corrected chi connectivity index (χ1v) is 8.54. The summed E-state index contributed by atoms with van der Waals surface area (Å²) in [6.45, 7) is 0.